The highest BCUT2D eigenvalue weighted by atomic mass is 16.5. The van der Waals surface area contributed by atoms with Gasteiger partial charge in [-0.25, -0.2) is 0 Å². The molecule has 0 heterocycles. The molecule has 2 aromatic rings. The van der Waals surface area contributed by atoms with Crippen molar-refractivity contribution in [1.29, 1.82) is 0 Å². The third-order valence-corrected chi connectivity index (χ3v) is 3.26. The van der Waals surface area contributed by atoms with Crippen LogP contribution < -0.4 is 10.1 Å². The molecule has 3 nitrogen and oxygen atoms in total. The van der Waals surface area contributed by atoms with Crippen LogP contribution in [0.3, 0.4) is 0 Å². The molecule has 3 rings (SSSR count). The number of hydrogen-bond donors (Lipinski definition) is 1. The van der Waals surface area contributed by atoms with E-state index in [9.17, 15) is 4.79 Å². The van der Waals surface area contributed by atoms with E-state index in [-0.39, 0.29) is 5.91 Å². The van der Waals surface area contributed by atoms with Gasteiger partial charge in [-0.3, -0.25) is 4.79 Å². The van der Waals surface area contributed by atoms with E-state index in [0.717, 1.165) is 34.9 Å². The second kappa shape index (κ2) is 4.33. The first-order valence-corrected chi connectivity index (χ1v) is 6.16. The molecule has 18 heavy (non-hydrogen) atoms. The summed E-state index contributed by atoms with van der Waals surface area (Å²) in [5, 5.41) is 4.94. The van der Waals surface area contributed by atoms with Gasteiger partial charge >= 0.3 is 0 Å². The van der Waals surface area contributed by atoms with E-state index in [4.69, 9.17) is 4.74 Å². The minimum absolute atomic E-state index is 0.0105. The van der Waals surface area contributed by atoms with Gasteiger partial charge in [0, 0.05) is 17.0 Å². The summed E-state index contributed by atoms with van der Waals surface area (Å²) in [6.45, 7) is 0. The van der Waals surface area contributed by atoms with Gasteiger partial charge in [-0.15, -0.1) is 0 Å². The zero-order valence-corrected chi connectivity index (χ0v) is 10.3. The van der Waals surface area contributed by atoms with Crippen LogP contribution in [0.15, 0.2) is 36.4 Å². The van der Waals surface area contributed by atoms with Crippen LogP contribution in [-0.2, 0) is 0 Å². The molecule has 1 saturated carbocycles. The number of carbonyl (C=O) groups is 1. The molecule has 0 unspecified atom stereocenters. The number of rotatable bonds is 3. The highest BCUT2D eigenvalue weighted by Crippen LogP contribution is 2.29. The van der Waals surface area contributed by atoms with Gasteiger partial charge in [0.15, 0.2) is 0 Å². The smallest absolute Gasteiger partial charge is 0.252 e. The minimum atomic E-state index is 0.0105. The summed E-state index contributed by atoms with van der Waals surface area (Å²) in [6, 6.07) is 11.9. The average molecular weight is 241 g/mol. The molecule has 0 aromatic heterocycles. The second-order valence-corrected chi connectivity index (χ2v) is 4.61. The van der Waals surface area contributed by atoms with Crippen LogP contribution in [0.1, 0.15) is 23.2 Å². The van der Waals surface area contributed by atoms with Crippen LogP contribution in [0.4, 0.5) is 0 Å². The molecule has 0 saturated heterocycles. The lowest BCUT2D eigenvalue weighted by molar-refractivity contribution is 0.0952. The van der Waals surface area contributed by atoms with Crippen LogP contribution in [0.5, 0.6) is 5.75 Å². The molecular formula is C15H15NO2. The van der Waals surface area contributed by atoms with Crippen molar-refractivity contribution < 1.29 is 9.53 Å². The first kappa shape index (κ1) is 11.1. The summed E-state index contributed by atoms with van der Waals surface area (Å²) < 4.78 is 5.32. The van der Waals surface area contributed by atoms with Crippen LogP contribution >= 0.6 is 0 Å². The summed E-state index contributed by atoms with van der Waals surface area (Å²) in [6.07, 6.45) is 2.19. The van der Waals surface area contributed by atoms with Crippen LogP contribution in [0.25, 0.3) is 10.8 Å². The summed E-state index contributed by atoms with van der Waals surface area (Å²) in [5.74, 6) is 0.810. The topological polar surface area (TPSA) is 38.3 Å². The lowest BCUT2D eigenvalue weighted by atomic mass is 10.0. The lowest BCUT2D eigenvalue weighted by Gasteiger charge is -2.10. The van der Waals surface area contributed by atoms with Crippen molar-refractivity contribution in [2.45, 2.75) is 18.9 Å². The third kappa shape index (κ3) is 1.92. The van der Waals surface area contributed by atoms with Gasteiger partial charge in [0.2, 0.25) is 0 Å². The Morgan fingerprint density at radius 3 is 2.56 bits per heavy atom. The number of ether oxygens (including phenoxy) is 1. The van der Waals surface area contributed by atoms with Crippen molar-refractivity contribution in [3.05, 3.63) is 42.0 Å². The zero-order chi connectivity index (χ0) is 12.5. The Balaban J connectivity index is 2.08. The molecule has 1 aliphatic carbocycles. The Morgan fingerprint density at radius 1 is 1.17 bits per heavy atom. The fraction of sp³-hybridized carbons (Fsp3) is 0.267. The molecule has 0 spiro atoms. The summed E-state index contributed by atoms with van der Waals surface area (Å²) >= 11 is 0. The van der Waals surface area contributed by atoms with Gasteiger partial charge in [-0.05, 0) is 30.4 Å². The SMILES string of the molecule is COc1ccc(C(=O)NC2CC2)c2ccccc12. The second-order valence-electron chi connectivity index (χ2n) is 4.61. The maximum Gasteiger partial charge on any atom is 0.252 e. The zero-order valence-electron chi connectivity index (χ0n) is 10.3. The number of amides is 1. The molecule has 0 aliphatic heterocycles. The monoisotopic (exact) mass is 241 g/mol. The Bertz CT molecular complexity index is 602. The van der Waals surface area contributed by atoms with E-state index in [2.05, 4.69) is 5.32 Å². The fourth-order valence-corrected chi connectivity index (χ4v) is 2.14. The molecule has 92 valence electrons. The van der Waals surface area contributed by atoms with E-state index < -0.39 is 0 Å². The van der Waals surface area contributed by atoms with Crippen LogP contribution in [-0.4, -0.2) is 19.1 Å². The molecular weight excluding hydrogens is 226 g/mol. The Hall–Kier alpha value is -2.03. The highest BCUT2D eigenvalue weighted by molar-refractivity contribution is 6.08. The quantitative estimate of drug-likeness (QED) is 0.897. The van der Waals surface area contributed by atoms with E-state index in [0.29, 0.717) is 6.04 Å². The van der Waals surface area contributed by atoms with E-state index >= 15 is 0 Å². The molecule has 1 amide bonds. The van der Waals surface area contributed by atoms with Gasteiger partial charge in [0.25, 0.3) is 5.91 Å². The molecule has 3 heteroatoms. The van der Waals surface area contributed by atoms with Crippen molar-refractivity contribution in [3.63, 3.8) is 0 Å². The Morgan fingerprint density at radius 2 is 1.89 bits per heavy atom. The van der Waals surface area contributed by atoms with Gasteiger partial charge in [-0.1, -0.05) is 24.3 Å². The average Bonchev–Trinajstić information content (AvgIpc) is 3.21. The van der Waals surface area contributed by atoms with Gasteiger partial charge in [0.1, 0.15) is 5.75 Å². The number of benzene rings is 2. The van der Waals surface area contributed by atoms with E-state index in [1.807, 2.05) is 36.4 Å². The highest BCUT2D eigenvalue weighted by Gasteiger charge is 2.24. The standard InChI is InChI=1S/C15H15NO2/c1-18-14-9-8-13(15(17)16-10-6-7-10)11-4-2-3-5-12(11)14/h2-5,8-10H,6-7H2,1H3,(H,16,17). The van der Waals surface area contributed by atoms with Crippen LogP contribution in [0, 0.1) is 0 Å². The number of methoxy groups -OCH3 is 1. The maximum absolute atomic E-state index is 12.2. The molecule has 1 aliphatic rings. The fourth-order valence-electron chi connectivity index (χ4n) is 2.14. The summed E-state index contributed by atoms with van der Waals surface area (Å²) in [4.78, 5) is 12.2. The van der Waals surface area contributed by atoms with Gasteiger partial charge < -0.3 is 10.1 Å². The molecule has 0 radical (unpaired) electrons. The number of hydrogen-bond acceptors (Lipinski definition) is 2. The predicted octanol–water partition coefficient (Wildman–Crippen LogP) is 2.74. The normalized spacial score (nSPS) is 14.5. The maximum atomic E-state index is 12.2. The first-order valence-electron chi connectivity index (χ1n) is 6.16. The van der Waals surface area contributed by atoms with Gasteiger partial charge in [0.05, 0.1) is 7.11 Å². The minimum Gasteiger partial charge on any atom is -0.496 e. The Labute approximate surface area is 106 Å². The summed E-state index contributed by atoms with van der Waals surface area (Å²) in [5.41, 5.74) is 0.721. The number of carbonyl (C=O) groups excluding carboxylic acids is 1. The Kier molecular flexibility index (Phi) is 2.67. The molecule has 1 N–H and O–H groups in total. The lowest BCUT2D eigenvalue weighted by Crippen LogP contribution is -2.25. The molecule has 1 fully saturated rings. The molecule has 2 aromatic carbocycles. The van der Waals surface area contributed by atoms with Crippen molar-refractivity contribution in [1.82, 2.24) is 5.32 Å². The van der Waals surface area contributed by atoms with Crippen LogP contribution in [0.2, 0.25) is 0 Å². The van der Waals surface area contributed by atoms with Crippen molar-refractivity contribution in [2.75, 3.05) is 7.11 Å². The largest absolute Gasteiger partial charge is 0.496 e. The third-order valence-electron chi connectivity index (χ3n) is 3.26. The summed E-state index contributed by atoms with van der Waals surface area (Å²) in [7, 11) is 1.64. The number of fused-ring (bicyclic) bond motifs is 1. The van der Waals surface area contributed by atoms with Crippen molar-refractivity contribution in [3.8, 4) is 5.75 Å². The van der Waals surface area contributed by atoms with E-state index in [1.165, 1.54) is 0 Å². The van der Waals surface area contributed by atoms with Gasteiger partial charge in [-0.2, -0.15) is 0 Å². The predicted molar refractivity (Wildman–Crippen MR) is 71.0 cm³/mol. The first-order chi connectivity index (χ1) is 8.79. The van der Waals surface area contributed by atoms with Crippen molar-refractivity contribution >= 4 is 16.7 Å². The van der Waals surface area contributed by atoms with Crippen molar-refractivity contribution in [2.24, 2.45) is 0 Å². The molecule has 0 bridgehead atoms. The molecule has 0 atom stereocenters. The number of nitrogens with one attached hydrogen (secondary N) is 1. The van der Waals surface area contributed by atoms with E-state index in [1.54, 1.807) is 7.11 Å².